The summed E-state index contributed by atoms with van der Waals surface area (Å²) in [5.74, 6) is 0.219. The Hall–Kier alpha value is -0.850. The molecule has 3 nitrogen and oxygen atoms in total. The molecule has 0 spiro atoms. The molecule has 0 bridgehead atoms. The molecule has 0 heterocycles. The molecule has 0 aliphatic rings. The van der Waals surface area contributed by atoms with E-state index in [0.717, 1.165) is 12.6 Å². The van der Waals surface area contributed by atoms with E-state index < -0.39 is 12.6 Å². The maximum Gasteiger partial charge on any atom is 0.392 e. The number of hydrogen-bond donors (Lipinski definition) is 2. The van der Waals surface area contributed by atoms with Crippen LogP contribution in [0.1, 0.15) is 20.3 Å². The number of hydrogen-bond acceptors (Lipinski definition) is 3. The topological polar surface area (TPSA) is 27.3 Å². The fourth-order valence-corrected chi connectivity index (χ4v) is 1.61. The van der Waals surface area contributed by atoms with E-state index >= 15 is 0 Å². The molecule has 2 atom stereocenters. The van der Waals surface area contributed by atoms with Gasteiger partial charge in [0.15, 0.2) is 0 Å². The summed E-state index contributed by atoms with van der Waals surface area (Å²) in [5, 5.41) is 5.14. The minimum absolute atomic E-state index is 0.0542. The van der Waals surface area contributed by atoms with E-state index in [-0.39, 0.29) is 12.1 Å². The third-order valence-corrected chi connectivity index (χ3v) is 2.67. The van der Waals surface area contributed by atoms with Crippen molar-refractivity contribution in [3.05, 3.63) is 24.8 Å². The zero-order valence-corrected chi connectivity index (χ0v) is 11.8. The summed E-state index contributed by atoms with van der Waals surface area (Å²) in [6.45, 7) is 8.94. The van der Waals surface area contributed by atoms with Crippen molar-refractivity contribution in [2.45, 2.75) is 32.6 Å². The molecule has 19 heavy (non-hydrogen) atoms. The van der Waals surface area contributed by atoms with Crippen LogP contribution in [0.4, 0.5) is 13.2 Å². The van der Waals surface area contributed by atoms with Crippen molar-refractivity contribution >= 4 is 0 Å². The van der Waals surface area contributed by atoms with Crippen molar-refractivity contribution in [1.29, 1.82) is 0 Å². The Kier molecular flexibility index (Phi) is 8.71. The first-order valence-corrected chi connectivity index (χ1v) is 6.35. The number of rotatable bonds is 9. The van der Waals surface area contributed by atoms with Crippen LogP contribution in [0.3, 0.4) is 0 Å². The van der Waals surface area contributed by atoms with Crippen molar-refractivity contribution < 1.29 is 13.2 Å². The van der Waals surface area contributed by atoms with Gasteiger partial charge in [-0.1, -0.05) is 32.1 Å². The summed E-state index contributed by atoms with van der Waals surface area (Å²) < 4.78 is 35.8. The Balaban J connectivity index is 4.12. The summed E-state index contributed by atoms with van der Waals surface area (Å²) in [5.41, 5.74) is 3.04. The predicted octanol–water partition coefficient (Wildman–Crippen LogP) is 2.69. The fourth-order valence-electron chi connectivity index (χ4n) is 1.61. The molecule has 0 aromatic heterocycles. The SMILES string of the molecule is C=CC(C)C(NCC)N(C)NC/C=C\CC(F)(F)F. The zero-order valence-electron chi connectivity index (χ0n) is 11.8. The fraction of sp³-hybridized carbons (Fsp3) is 0.692. The minimum atomic E-state index is -4.13. The molecule has 0 saturated heterocycles. The zero-order chi connectivity index (χ0) is 14.9. The van der Waals surface area contributed by atoms with Gasteiger partial charge in [0.2, 0.25) is 0 Å². The van der Waals surface area contributed by atoms with Gasteiger partial charge in [-0.05, 0) is 6.54 Å². The first-order valence-electron chi connectivity index (χ1n) is 6.35. The van der Waals surface area contributed by atoms with Gasteiger partial charge in [0.25, 0.3) is 0 Å². The molecule has 112 valence electrons. The van der Waals surface area contributed by atoms with Gasteiger partial charge in [0, 0.05) is 19.5 Å². The van der Waals surface area contributed by atoms with Gasteiger partial charge in [-0.25, -0.2) is 5.01 Å². The lowest BCUT2D eigenvalue weighted by atomic mass is 10.1. The van der Waals surface area contributed by atoms with Crippen LogP contribution in [-0.2, 0) is 0 Å². The highest BCUT2D eigenvalue weighted by Gasteiger charge is 2.24. The standard InChI is InChI=1S/C13H24F3N3/c1-5-11(3)12(17-6-2)19(4)18-10-8-7-9-13(14,15)16/h5,7-8,11-12,17-18H,1,6,9-10H2,2-4H3/b8-7-. The van der Waals surface area contributed by atoms with E-state index in [1.807, 2.05) is 32.0 Å². The van der Waals surface area contributed by atoms with E-state index in [2.05, 4.69) is 17.3 Å². The normalized spacial score (nSPS) is 15.9. The molecule has 0 amide bonds. The summed E-state index contributed by atoms with van der Waals surface area (Å²) >= 11 is 0. The highest BCUT2D eigenvalue weighted by Crippen LogP contribution is 2.19. The first kappa shape index (κ1) is 18.1. The minimum Gasteiger partial charge on any atom is -0.301 e. The Bertz CT molecular complexity index is 277. The Labute approximate surface area is 113 Å². The number of nitrogens with zero attached hydrogens (tertiary/aromatic N) is 1. The molecule has 0 aliphatic heterocycles. The highest BCUT2D eigenvalue weighted by atomic mass is 19.4. The lowest BCUT2D eigenvalue weighted by Gasteiger charge is -2.32. The molecule has 0 saturated carbocycles. The van der Waals surface area contributed by atoms with E-state index in [0.29, 0.717) is 6.54 Å². The molecular formula is C13H24F3N3. The monoisotopic (exact) mass is 279 g/mol. The molecule has 2 N–H and O–H groups in total. The molecule has 0 rings (SSSR count). The van der Waals surface area contributed by atoms with Crippen molar-refractivity contribution in [2.24, 2.45) is 5.92 Å². The molecule has 0 fully saturated rings. The quantitative estimate of drug-likeness (QED) is 0.386. The van der Waals surface area contributed by atoms with Crippen LogP contribution < -0.4 is 10.7 Å². The van der Waals surface area contributed by atoms with Crippen LogP contribution in [0.5, 0.6) is 0 Å². The Morgan fingerprint density at radius 3 is 2.42 bits per heavy atom. The van der Waals surface area contributed by atoms with Gasteiger partial charge in [-0.15, -0.1) is 6.58 Å². The molecule has 0 aromatic rings. The maximum absolute atomic E-state index is 11.9. The van der Waals surface area contributed by atoms with Gasteiger partial charge >= 0.3 is 6.18 Å². The number of nitrogens with one attached hydrogen (secondary N) is 2. The van der Waals surface area contributed by atoms with Gasteiger partial charge in [0.05, 0.1) is 12.6 Å². The molecular weight excluding hydrogens is 255 g/mol. The number of alkyl halides is 3. The average Bonchev–Trinajstić information content (AvgIpc) is 2.33. The summed E-state index contributed by atoms with van der Waals surface area (Å²) in [7, 11) is 1.85. The van der Waals surface area contributed by atoms with Crippen LogP contribution in [0.15, 0.2) is 24.8 Å². The van der Waals surface area contributed by atoms with E-state index in [9.17, 15) is 13.2 Å². The average molecular weight is 279 g/mol. The first-order chi connectivity index (χ1) is 8.81. The smallest absolute Gasteiger partial charge is 0.301 e. The van der Waals surface area contributed by atoms with E-state index in [4.69, 9.17) is 0 Å². The second-order valence-electron chi connectivity index (χ2n) is 4.36. The van der Waals surface area contributed by atoms with Crippen LogP contribution in [-0.4, -0.2) is 37.5 Å². The third-order valence-electron chi connectivity index (χ3n) is 2.67. The lowest BCUT2D eigenvalue weighted by Crippen LogP contribution is -2.53. The van der Waals surface area contributed by atoms with Gasteiger partial charge in [0.1, 0.15) is 0 Å². The largest absolute Gasteiger partial charge is 0.392 e. The predicted molar refractivity (Wildman–Crippen MR) is 72.4 cm³/mol. The lowest BCUT2D eigenvalue weighted by molar-refractivity contribution is -0.125. The summed E-state index contributed by atoms with van der Waals surface area (Å²) in [6.07, 6.45) is -0.528. The third kappa shape index (κ3) is 8.80. The van der Waals surface area contributed by atoms with Gasteiger partial charge in [-0.3, -0.25) is 5.43 Å². The van der Waals surface area contributed by atoms with Crippen LogP contribution in [0.2, 0.25) is 0 Å². The van der Waals surface area contributed by atoms with Crippen molar-refractivity contribution in [1.82, 2.24) is 15.8 Å². The highest BCUT2D eigenvalue weighted by molar-refractivity contribution is 4.87. The molecule has 6 heteroatoms. The number of allylic oxidation sites excluding steroid dienone is 1. The van der Waals surface area contributed by atoms with Gasteiger partial charge < -0.3 is 5.32 Å². The summed E-state index contributed by atoms with van der Waals surface area (Å²) in [6, 6.07) is 0. The second-order valence-corrected chi connectivity index (χ2v) is 4.36. The van der Waals surface area contributed by atoms with Crippen molar-refractivity contribution in [2.75, 3.05) is 20.1 Å². The number of halogens is 3. The molecule has 0 aliphatic carbocycles. The Morgan fingerprint density at radius 2 is 1.95 bits per heavy atom. The van der Waals surface area contributed by atoms with Crippen molar-refractivity contribution in [3.63, 3.8) is 0 Å². The van der Waals surface area contributed by atoms with E-state index in [1.165, 1.54) is 6.08 Å². The molecule has 2 unspecified atom stereocenters. The van der Waals surface area contributed by atoms with E-state index in [1.54, 1.807) is 0 Å². The Morgan fingerprint density at radius 1 is 1.32 bits per heavy atom. The molecule has 0 radical (unpaired) electrons. The molecule has 0 aromatic carbocycles. The van der Waals surface area contributed by atoms with Crippen molar-refractivity contribution in [3.8, 4) is 0 Å². The van der Waals surface area contributed by atoms with Crippen LogP contribution >= 0.6 is 0 Å². The van der Waals surface area contributed by atoms with Crippen LogP contribution in [0.25, 0.3) is 0 Å². The van der Waals surface area contributed by atoms with Gasteiger partial charge in [-0.2, -0.15) is 13.2 Å². The second kappa shape index (κ2) is 9.12. The van der Waals surface area contributed by atoms with Crippen LogP contribution in [0, 0.1) is 5.92 Å². The maximum atomic E-state index is 11.9. The summed E-state index contributed by atoms with van der Waals surface area (Å²) in [4.78, 5) is 0. The number of hydrazine groups is 1.